The van der Waals surface area contributed by atoms with Gasteiger partial charge in [0, 0.05) is 38.1 Å². The van der Waals surface area contributed by atoms with Crippen molar-refractivity contribution >= 4 is 22.6 Å². The van der Waals surface area contributed by atoms with Crippen LogP contribution in [0.15, 0.2) is 48.5 Å². The van der Waals surface area contributed by atoms with E-state index in [1.165, 1.54) is 0 Å². The first kappa shape index (κ1) is 21.1. The quantitative estimate of drug-likeness (QED) is 0.562. The number of ether oxygens (including phenoxy) is 2. The number of fused-ring (bicyclic) bond motifs is 1. The van der Waals surface area contributed by atoms with Crippen molar-refractivity contribution in [2.75, 3.05) is 44.8 Å². The maximum atomic E-state index is 12.8. The van der Waals surface area contributed by atoms with Gasteiger partial charge in [0.1, 0.15) is 5.75 Å². The molecule has 0 amide bonds. The molecule has 6 heteroatoms. The van der Waals surface area contributed by atoms with Crippen molar-refractivity contribution in [1.29, 1.82) is 0 Å². The first-order valence-corrected chi connectivity index (χ1v) is 10.8. The van der Waals surface area contributed by atoms with Crippen molar-refractivity contribution in [3.8, 4) is 5.75 Å². The first-order valence-electron chi connectivity index (χ1n) is 10.8. The van der Waals surface area contributed by atoms with Crippen LogP contribution in [0, 0.1) is 6.92 Å². The second kappa shape index (κ2) is 9.35. The number of carbonyl (C=O) groups excluding carboxylic acids is 1. The van der Waals surface area contributed by atoms with E-state index < -0.39 is 0 Å². The van der Waals surface area contributed by atoms with Gasteiger partial charge in [-0.15, -0.1) is 0 Å². The van der Waals surface area contributed by atoms with Crippen molar-refractivity contribution in [2.24, 2.45) is 0 Å². The van der Waals surface area contributed by atoms with Gasteiger partial charge < -0.3 is 14.4 Å². The molecule has 0 N–H and O–H groups in total. The molecule has 162 valence electrons. The number of para-hydroxylation sites is 3. The Labute approximate surface area is 183 Å². The van der Waals surface area contributed by atoms with Crippen LogP contribution in [-0.2, 0) is 11.3 Å². The van der Waals surface area contributed by atoms with Crippen LogP contribution in [0.2, 0.25) is 0 Å². The average molecular weight is 420 g/mol. The molecule has 0 bridgehead atoms. The molecule has 6 nitrogen and oxygen atoms in total. The number of aromatic nitrogens is 1. The fraction of sp³-hybridized carbons (Fsp3) is 0.360. The highest BCUT2D eigenvalue weighted by Gasteiger charge is 2.24. The van der Waals surface area contributed by atoms with Gasteiger partial charge in [-0.3, -0.25) is 9.88 Å². The van der Waals surface area contributed by atoms with Crippen LogP contribution in [0.1, 0.15) is 28.5 Å². The number of rotatable bonds is 6. The molecule has 1 aliphatic heterocycles. The summed E-state index contributed by atoms with van der Waals surface area (Å²) < 4.78 is 10.9. The Kier molecular flexibility index (Phi) is 6.37. The highest BCUT2D eigenvalue weighted by atomic mass is 16.5. The zero-order valence-corrected chi connectivity index (χ0v) is 18.4. The van der Waals surface area contributed by atoms with Gasteiger partial charge in [0.2, 0.25) is 0 Å². The number of benzene rings is 2. The number of esters is 1. The number of pyridine rings is 1. The lowest BCUT2D eigenvalue weighted by Crippen LogP contribution is -2.46. The molecule has 1 aromatic heterocycles. The Morgan fingerprint density at radius 2 is 1.74 bits per heavy atom. The number of piperazine rings is 1. The molecule has 31 heavy (non-hydrogen) atoms. The number of anilines is 1. The zero-order chi connectivity index (χ0) is 21.8. The molecule has 0 aliphatic carbocycles. The second-order valence-electron chi connectivity index (χ2n) is 7.73. The van der Waals surface area contributed by atoms with E-state index in [-0.39, 0.29) is 5.97 Å². The van der Waals surface area contributed by atoms with E-state index in [2.05, 4.69) is 15.9 Å². The molecule has 0 saturated carbocycles. The summed E-state index contributed by atoms with van der Waals surface area (Å²) in [6.07, 6.45) is 0. The van der Waals surface area contributed by atoms with Crippen molar-refractivity contribution in [1.82, 2.24) is 9.88 Å². The number of nitrogens with zero attached hydrogens (tertiary/aromatic N) is 3. The molecule has 1 aliphatic rings. The summed E-state index contributed by atoms with van der Waals surface area (Å²) in [4.78, 5) is 22.3. The maximum Gasteiger partial charge on any atom is 0.340 e. The predicted molar refractivity (Wildman–Crippen MR) is 123 cm³/mol. The van der Waals surface area contributed by atoms with Gasteiger partial charge in [-0.25, -0.2) is 4.79 Å². The minimum Gasteiger partial charge on any atom is -0.495 e. The lowest BCUT2D eigenvalue weighted by atomic mass is 10.0. The molecular weight excluding hydrogens is 390 g/mol. The molecule has 1 fully saturated rings. The lowest BCUT2D eigenvalue weighted by Gasteiger charge is -2.36. The van der Waals surface area contributed by atoms with E-state index in [1.807, 2.05) is 56.3 Å². The summed E-state index contributed by atoms with van der Waals surface area (Å²) >= 11 is 0. The van der Waals surface area contributed by atoms with Gasteiger partial charge in [-0.05, 0) is 37.6 Å². The second-order valence-corrected chi connectivity index (χ2v) is 7.73. The average Bonchev–Trinajstić information content (AvgIpc) is 2.80. The van der Waals surface area contributed by atoms with Gasteiger partial charge >= 0.3 is 5.97 Å². The number of hydrogen-bond acceptors (Lipinski definition) is 6. The highest BCUT2D eigenvalue weighted by molar-refractivity contribution is 5.98. The van der Waals surface area contributed by atoms with Crippen LogP contribution in [0.3, 0.4) is 0 Å². The molecule has 2 aromatic carbocycles. The van der Waals surface area contributed by atoms with Crippen molar-refractivity contribution < 1.29 is 14.3 Å². The minimum atomic E-state index is -0.291. The molecule has 0 radical (unpaired) electrons. The van der Waals surface area contributed by atoms with Gasteiger partial charge in [0.15, 0.2) is 0 Å². The van der Waals surface area contributed by atoms with E-state index in [4.69, 9.17) is 14.5 Å². The molecule has 4 rings (SSSR count). The number of methoxy groups -OCH3 is 1. The summed E-state index contributed by atoms with van der Waals surface area (Å²) in [5.74, 6) is 0.605. The smallest absolute Gasteiger partial charge is 0.340 e. The van der Waals surface area contributed by atoms with Crippen LogP contribution in [-0.4, -0.2) is 55.7 Å². The molecular formula is C25H29N3O3. The van der Waals surface area contributed by atoms with Crippen LogP contribution in [0.25, 0.3) is 10.9 Å². The van der Waals surface area contributed by atoms with Crippen molar-refractivity contribution in [3.05, 3.63) is 65.4 Å². The molecule has 1 saturated heterocycles. The monoisotopic (exact) mass is 419 g/mol. The topological polar surface area (TPSA) is 54.9 Å². The van der Waals surface area contributed by atoms with Gasteiger partial charge in [0.25, 0.3) is 0 Å². The Balaban J connectivity index is 1.56. The Hall–Kier alpha value is -3.12. The Morgan fingerprint density at radius 3 is 2.48 bits per heavy atom. The standard InChI is InChI=1S/C25H29N3O3/c1-4-31-25(29)24-18(2)19-9-5-6-10-20(19)26-21(24)17-27-13-15-28(16-14-27)22-11-7-8-12-23(22)30-3/h5-12H,4,13-17H2,1-3H3. The molecule has 0 spiro atoms. The van der Waals surface area contributed by atoms with Crippen LogP contribution >= 0.6 is 0 Å². The summed E-state index contributed by atoms with van der Waals surface area (Å²) in [6, 6.07) is 16.1. The van der Waals surface area contributed by atoms with Crippen molar-refractivity contribution in [3.63, 3.8) is 0 Å². The largest absolute Gasteiger partial charge is 0.495 e. The number of aryl methyl sites for hydroxylation is 1. The Morgan fingerprint density at radius 1 is 1.03 bits per heavy atom. The third kappa shape index (κ3) is 4.35. The zero-order valence-electron chi connectivity index (χ0n) is 18.4. The summed E-state index contributed by atoms with van der Waals surface area (Å²) in [7, 11) is 1.71. The molecule has 2 heterocycles. The van der Waals surface area contributed by atoms with Crippen LogP contribution in [0.4, 0.5) is 5.69 Å². The first-order chi connectivity index (χ1) is 15.1. The summed E-state index contributed by atoms with van der Waals surface area (Å²) in [5, 5.41) is 0.996. The third-order valence-electron chi connectivity index (χ3n) is 5.88. The van der Waals surface area contributed by atoms with E-state index in [0.29, 0.717) is 18.7 Å². The van der Waals surface area contributed by atoms with E-state index in [1.54, 1.807) is 7.11 Å². The maximum absolute atomic E-state index is 12.8. The highest BCUT2D eigenvalue weighted by Crippen LogP contribution is 2.29. The Bertz CT molecular complexity index is 1070. The molecule has 0 atom stereocenters. The number of carbonyl (C=O) groups is 1. The van der Waals surface area contributed by atoms with Gasteiger partial charge in [-0.2, -0.15) is 0 Å². The fourth-order valence-corrected chi connectivity index (χ4v) is 4.28. The lowest BCUT2D eigenvalue weighted by molar-refractivity contribution is 0.0522. The van der Waals surface area contributed by atoms with E-state index >= 15 is 0 Å². The van der Waals surface area contributed by atoms with Crippen molar-refractivity contribution in [2.45, 2.75) is 20.4 Å². The summed E-state index contributed by atoms with van der Waals surface area (Å²) in [6.45, 7) is 8.34. The molecule has 3 aromatic rings. The van der Waals surface area contributed by atoms with E-state index in [0.717, 1.165) is 59.8 Å². The van der Waals surface area contributed by atoms with Crippen LogP contribution in [0.5, 0.6) is 5.75 Å². The minimum absolute atomic E-state index is 0.291. The van der Waals surface area contributed by atoms with E-state index in [9.17, 15) is 4.79 Å². The molecule has 0 unspecified atom stereocenters. The third-order valence-corrected chi connectivity index (χ3v) is 5.88. The summed E-state index contributed by atoms with van der Waals surface area (Å²) in [5.41, 5.74) is 4.37. The SMILES string of the molecule is CCOC(=O)c1c(CN2CCN(c3ccccc3OC)CC2)nc2ccccc2c1C. The van der Waals surface area contributed by atoms with Gasteiger partial charge in [0.05, 0.1) is 36.2 Å². The van der Waals surface area contributed by atoms with Crippen LogP contribution < -0.4 is 9.64 Å². The van der Waals surface area contributed by atoms with Gasteiger partial charge in [-0.1, -0.05) is 30.3 Å². The fourth-order valence-electron chi connectivity index (χ4n) is 4.28. The normalized spacial score (nSPS) is 14.6. The predicted octanol–water partition coefficient (Wildman–Crippen LogP) is 4.05. The number of hydrogen-bond donors (Lipinski definition) is 0.